The lowest BCUT2D eigenvalue weighted by Gasteiger charge is -2.26. The number of nitrogens with zero attached hydrogens (tertiary/aromatic N) is 3. The molecule has 0 amide bonds. The van der Waals surface area contributed by atoms with Gasteiger partial charge in [0.2, 0.25) is 5.96 Å². The molecular weight excluding hydrogens is 310 g/mol. The first-order valence-corrected chi connectivity index (χ1v) is 8.40. The van der Waals surface area contributed by atoms with Crippen LogP contribution in [0.15, 0.2) is 51.2 Å². The molecule has 1 aliphatic rings. The van der Waals surface area contributed by atoms with E-state index in [9.17, 15) is 0 Å². The van der Waals surface area contributed by atoms with Crippen LogP contribution in [0.25, 0.3) is 11.1 Å². The monoisotopic (exact) mass is 327 g/mol. The van der Waals surface area contributed by atoms with Gasteiger partial charge in [0.15, 0.2) is 5.58 Å². The van der Waals surface area contributed by atoms with Gasteiger partial charge in [-0.15, -0.1) is 11.3 Å². The van der Waals surface area contributed by atoms with E-state index < -0.39 is 0 Å². The van der Waals surface area contributed by atoms with Gasteiger partial charge in [-0.1, -0.05) is 18.2 Å². The molecule has 3 heterocycles. The predicted octanol–water partition coefficient (Wildman–Crippen LogP) is 2.72. The Bertz CT molecular complexity index is 778. The molecule has 1 aliphatic heterocycles. The summed E-state index contributed by atoms with van der Waals surface area (Å²) in [5.41, 5.74) is 1.60. The van der Waals surface area contributed by atoms with E-state index in [1.807, 2.05) is 24.3 Å². The van der Waals surface area contributed by atoms with Crippen LogP contribution in [-0.4, -0.2) is 35.7 Å². The van der Waals surface area contributed by atoms with Crippen LogP contribution >= 0.6 is 11.3 Å². The van der Waals surface area contributed by atoms with Gasteiger partial charge in [0.1, 0.15) is 5.52 Å². The molecular formula is C16H17N5OS. The molecule has 2 N–H and O–H groups in total. The molecule has 0 spiro atoms. The van der Waals surface area contributed by atoms with Crippen LogP contribution in [0.4, 0.5) is 6.01 Å². The summed E-state index contributed by atoms with van der Waals surface area (Å²) >= 11 is 1.80. The van der Waals surface area contributed by atoms with Crippen LogP contribution in [0.1, 0.15) is 4.88 Å². The summed E-state index contributed by atoms with van der Waals surface area (Å²) in [6.07, 6.45) is 1.06. The van der Waals surface area contributed by atoms with E-state index >= 15 is 0 Å². The van der Waals surface area contributed by atoms with Gasteiger partial charge in [0, 0.05) is 11.4 Å². The highest BCUT2D eigenvalue weighted by Crippen LogP contribution is 2.18. The molecule has 0 unspecified atom stereocenters. The zero-order chi connectivity index (χ0) is 15.5. The quantitative estimate of drug-likeness (QED) is 0.771. The third-order valence-corrected chi connectivity index (χ3v) is 4.61. The topological polar surface area (TPSA) is 65.7 Å². The van der Waals surface area contributed by atoms with E-state index in [1.54, 1.807) is 11.3 Å². The minimum Gasteiger partial charge on any atom is -0.423 e. The second-order valence-electron chi connectivity index (χ2n) is 5.32. The molecule has 6 nitrogen and oxygen atoms in total. The summed E-state index contributed by atoms with van der Waals surface area (Å²) in [4.78, 5) is 12.6. The highest BCUT2D eigenvalue weighted by molar-refractivity contribution is 7.09. The number of nitrogens with one attached hydrogen (secondary N) is 2. The molecule has 0 radical (unpaired) electrons. The number of guanidine groups is 1. The standard InChI is InChI=1S/C16H17N5OS/c1-2-6-14-13(5-1)19-16(22-14)20-15-17-10-21(11-18-15)8-7-12-4-3-9-23-12/h1-6,9H,7-8,10-11H2,(H2,17,18,19,20). The van der Waals surface area contributed by atoms with Crippen molar-refractivity contribution in [1.29, 1.82) is 0 Å². The van der Waals surface area contributed by atoms with Crippen molar-refractivity contribution < 1.29 is 4.42 Å². The molecule has 118 valence electrons. The number of aliphatic imine (C=N–C) groups is 1. The average Bonchev–Trinajstić information content (AvgIpc) is 3.23. The first-order chi connectivity index (χ1) is 11.4. The summed E-state index contributed by atoms with van der Waals surface area (Å²) < 4.78 is 5.64. The summed E-state index contributed by atoms with van der Waals surface area (Å²) in [6, 6.07) is 12.4. The molecule has 2 aromatic heterocycles. The molecule has 0 fully saturated rings. The Morgan fingerprint density at radius 3 is 3.00 bits per heavy atom. The maximum Gasteiger partial charge on any atom is 0.302 e. The van der Waals surface area contributed by atoms with Gasteiger partial charge < -0.3 is 9.73 Å². The molecule has 0 bridgehead atoms. The van der Waals surface area contributed by atoms with E-state index in [1.165, 1.54) is 4.88 Å². The molecule has 0 atom stereocenters. The highest BCUT2D eigenvalue weighted by atomic mass is 32.1. The Kier molecular flexibility index (Phi) is 3.95. The van der Waals surface area contributed by atoms with Gasteiger partial charge in [-0.25, -0.2) is 4.99 Å². The number of hydrogen-bond donors (Lipinski definition) is 2. The van der Waals surface area contributed by atoms with Crippen LogP contribution in [0.5, 0.6) is 0 Å². The van der Waals surface area contributed by atoms with Crippen LogP contribution in [0, 0.1) is 0 Å². The molecule has 7 heteroatoms. The Morgan fingerprint density at radius 1 is 1.26 bits per heavy atom. The molecule has 23 heavy (non-hydrogen) atoms. The number of anilines is 1. The van der Waals surface area contributed by atoms with Crippen molar-refractivity contribution in [2.24, 2.45) is 4.99 Å². The zero-order valence-electron chi connectivity index (χ0n) is 12.5. The fourth-order valence-electron chi connectivity index (χ4n) is 2.45. The van der Waals surface area contributed by atoms with Crippen molar-refractivity contribution in [2.45, 2.75) is 6.42 Å². The third-order valence-electron chi connectivity index (χ3n) is 3.67. The van der Waals surface area contributed by atoms with E-state index in [-0.39, 0.29) is 0 Å². The molecule has 4 rings (SSSR count). The van der Waals surface area contributed by atoms with Gasteiger partial charge in [-0.05, 0) is 30.0 Å². The average molecular weight is 327 g/mol. The second-order valence-corrected chi connectivity index (χ2v) is 6.35. The summed E-state index contributed by atoms with van der Waals surface area (Å²) in [5, 5.41) is 8.47. The van der Waals surface area contributed by atoms with Crippen LogP contribution in [-0.2, 0) is 6.42 Å². The number of aromatic nitrogens is 1. The van der Waals surface area contributed by atoms with E-state index in [2.05, 4.69) is 43.0 Å². The zero-order valence-corrected chi connectivity index (χ0v) is 13.3. The number of rotatable bonds is 4. The normalized spacial score (nSPS) is 15.4. The summed E-state index contributed by atoms with van der Waals surface area (Å²) in [7, 11) is 0. The molecule has 0 saturated carbocycles. The fourth-order valence-corrected chi connectivity index (χ4v) is 3.15. The Labute approximate surface area is 137 Å². The van der Waals surface area contributed by atoms with Crippen molar-refractivity contribution in [3.8, 4) is 0 Å². The van der Waals surface area contributed by atoms with Crippen LogP contribution in [0.2, 0.25) is 0 Å². The molecule has 0 aliphatic carbocycles. The third kappa shape index (κ3) is 3.35. The highest BCUT2D eigenvalue weighted by Gasteiger charge is 2.14. The number of hydrogen-bond acceptors (Lipinski definition) is 7. The minimum absolute atomic E-state index is 0.462. The Balaban J connectivity index is 1.34. The molecule has 3 aromatic rings. The van der Waals surface area contributed by atoms with E-state index in [0.717, 1.165) is 30.7 Å². The van der Waals surface area contributed by atoms with E-state index in [0.29, 0.717) is 18.6 Å². The minimum atomic E-state index is 0.462. The van der Waals surface area contributed by atoms with Crippen molar-refractivity contribution in [3.63, 3.8) is 0 Å². The van der Waals surface area contributed by atoms with E-state index in [4.69, 9.17) is 4.42 Å². The largest absolute Gasteiger partial charge is 0.423 e. The van der Waals surface area contributed by atoms with Gasteiger partial charge in [0.25, 0.3) is 0 Å². The summed E-state index contributed by atoms with van der Waals surface area (Å²) in [6.45, 7) is 2.42. The van der Waals surface area contributed by atoms with Gasteiger partial charge in [-0.2, -0.15) is 4.98 Å². The number of para-hydroxylation sites is 2. The van der Waals surface area contributed by atoms with Gasteiger partial charge in [-0.3, -0.25) is 10.2 Å². The number of oxazole rings is 1. The number of benzene rings is 1. The Hall–Kier alpha value is -2.38. The number of fused-ring (bicyclic) bond motifs is 1. The van der Waals surface area contributed by atoms with Crippen molar-refractivity contribution >= 4 is 34.4 Å². The summed E-state index contributed by atoms with van der Waals surface area (Å²) in [5.74, 6) is 0.698. The first-order valence-electron chi connectivity index (χ1n) is 7.52. The molecule has 1 aromatic carbocycles. The predicted molar refractivity (Wildman–Crippen MR) is 92.7 cm³/mol. The van der Waals surface area contributed by atoms with Crippen LogP contribution < -0.4 is 10.6 Å². The SMILES string of the molecule is c1csc(CCN2CN=C(Nc3nc4ccccc4o3)NC2)c1. The van der Waals surface area contributed by atoms with Crippen molar-refractivity contribution in [2.75, 3.05) is 25.2 Å². The second kappa shape index (κ2) is 6.39. The molecule has 0 saturated heterocycles. The van der Waals surface area contributed by atoms with Crippen LogP contribution in [0.3, 0.4) is 0 Å². The lowest BCUT2D eigenvalue weighted by atomic mass is 10.3. The van der Waals surface area contributed by atoms with Gasteiger partial charge >= 0.3 is 6.01 Å². The van der Waals surface area contributed by atoms with Crippen molar-refractivity contribution in [3.05, 3.63) is 46.7 Å². The van der Waals surface area contributed by atoms with Gasteiger partial charge in [0.05, 0.1) is 13.3 Å². The maximum absolute atomic E-state index is 5.64. The Morgan fingerprint density at radius 2 is 2.22 bits per heavy atom. The maximum atomic E-state index is 5.64. The van der Waals surface area contributed by atoms with Crippen molar-refractivity contribution in [1.82, 2.24) is 15.2 Å². The smallest absolute Gasteiger partial charge is 0.302 e. The lowest BCUT2D eigenvalue weighted by Crippen LogP contribution is -2.46. The fraction of sp³-hybridized carbons (Fsp3) is 0.250. The first kappa shape index (κ1) is 14.2. The number of thiophene rings is 1. The lowest BCUT2D eigenvalue weighted by molar-refractivity contribution is 0.269.